The number of nitrogens with one attached hydrogen (secondary N) is 1. The summed E-state index contributed by atoms with van der Waals surface area (Å²) in [5, 5.41) is 13.1. The van der Waals surface area contributed by atoms with E-state index in [1.807, 2.05) is 38.1 Å². The van der Waals surface area contributed by atoms with Crippen LogP contribution in [0, 0.1) is 0 Å². The van der Waals surface area contributed by atoms with E-state index < -0.39 is 0 Å². The zero-order valence-corrected chi connectivity index (χ0v) is 15.9. The molecule has 0 bridgehead atoms. The Hall–Kier alpha value is -1.79. The third kappa shape index (κ3) is 6.50. The molecule has 2 rings (SSSR count). The van der Waals surface area contributed by atoms with Gasteiger partial charge in [0, 0.05) is 6.04 Å². The number of aliphatic hydroxyl groups is 1. The van der Waals surface area contributed by atoms with Crippen molar-refractivity contribution in [3.05, 3.63) is 24.3 Å². The van der Waals surface area contributed by atoms with Crippen LogP contribution in [0.1, 0.15) is 39.5 Å². The molecular formula is C20H32N2O4. The number of ether oxygens (including phenoxy) is 2. The third-order valence-corrected chi connectivity index (χ3v) is 4.70. The van der Waals surface area contributed by atoms with Gasteiger partial charge in [-0.1, -0.05) is 13.3 Å². The summed E-state index contributed by atoms with van der Waals surface area (Å²) in [4.78, 5) is 14.3. The fourth-order valence-electron chi connectivity index (χ4n) is 3.32. The highest BCUT2D eigenvalue weighted by molar-refractivity contribution is 5.78. The molecule has 146 valence electrons. The molecule has 1 aromatic rings. The molecule has 1 aliphatic rings. The number of hydrogen-bond donors (Lipinski definition) is 2. The van der Waals surface area contributed by atoms with Gasteiger partial charge in [-0.3, -0.25) is 9.69 Å². The lowest BCUT2D eigenvalue weighted by Crippen LogP contribution is -2.50. The first kappa shape index (κ1) is 20.5. The van der Waals surface area contributed by atoms with Crippen LogP contribution in [0.4, 0.5) is 0 Å². The van der Waals surface area contributed by atoms with E-state index in [4.69, 9.17) is 9.47 Å². The minimum atomic E-state index is -0.355. The molecule has 0 saturated carbocycles. The molecule has 0 radical (unpaired) electrons. The van der Waals surface area contributed by atoms with Crippen LogP contribution in [0.2, 0.25) is 0 Å². The first-order valence-corrected chi connectivity index (χ1v) is 9.68. The van der Waals surface area contributed by atoms with Crippen molar-refractivity contribution < 1.29 is 19.4 Å². The van der Waals surface area contributed by atoms with Crippen molar-refractivity contribution in [2.75, 3.05) is 32.8 Å². The highest BCUT2D eigenvalue weighted by atomic mass is 16.5. The molecule has 26 heavy (non-hydrogen) atoms. The second kappa shape index (κ2) is 11.0. The Morgan fingerprint density at radius 1 is 1.23 bits per heavy atom. The quantitative estimate of drug-likeness (QED) is 0.623. The maximum atomic E-state index is 12.2. The lowest BCUT2D eigenvalue weighted by molar-refractivity contribution is -0.124. The number of rotatable bonds is 10. The zero-order chi connectivity index (χ0) is 18.8. The van der Waals surface area contributed by atoms with Crippen molar-refractivity contribution in [1.82, 2.24) is 10.2 Å². The van der Waals surface area contributed by atoms with Crippen molar-refractivity contribution in [2.24, 2.45) is 0 Å². The fourth-order valence-corrected chi connectivity index (χ4v) is 3.32. The van der Waals surface area contributed by atoms with Gasteiger partial charge in [0.1, 0.15) is 18.1 Å². The van der Waals surface area contributed by atoms with E-state index in [-0.39, 0.29) is 18.1 Å². The van der Waals surface area contributed by atoms with Crippen LogP contribution in [0.25, 0.3) is 0 Å². The SMILES string of the molecule is CCOc1ccc(OCCNC(=O)CN2CCCCC2C(O)CC)cc1. The van der Waals surface area contributed by atoms with Crippen LogP contribution in [-0.4, -0.2) is 60.9 Å². The van der Waals surface area contributed by atoms with Gasteiger partial charge < -0.3 is 19.9 Å². The minimum absolute atomic E-state index is 0.0181. The Kier molecular flexibility index (Phi) is 8.71. The molecule has 1 aliphatic heterocycles. The molecule has 1 saturated heterocycles. The second-order valence-corrected chi connectivity index (χ2v) is 6.61. The number of aliphatic hydroxyl groups excluding tert-OH is 1. The summed E-state index contributed by atoms with van der Waals surface area (Å²) >= 11 is 0. The molecule has 0 aliphatic carbocycles. The van der Waals surface area contributed by atoms with Gasteiger partial charge in [0.25, 0.3) is 0 Å². The molecule has 1 amide bonds. The molecule has 1 aromatic carbocycles. The Morgan fingerprint density at radius 2 is 1.92 bits per heavy atom. The lowest BCUT2D eigenvalue weighted by atomic mass is 9.96. The molecule has 6 nitrogen and oxygen atoms in total. The molecule has 0 spiro atoms. The normalized spacial score (nSPS) is 19.0. The minimum Gasteiger partial charge on any atom is -0.494 e. The molecule has 2 atom stereocenters. The first-order valence-electron chi connectivity index (χ1n) is 9.68. The number of piperidine rings is 1. The van der Waals surface area contributed by atoms with E-state index in [2.05, 4.69) is 10.2 Å². The van der Waals surface area contributed by atoms with Gasteiger partial charge in [-0.25, -0.2) is 0 Å². The van der Waals surface area contributed by atoms with Gasteiger partial charge in [-0.05, 0) is 57.0 Å². The van der Waals surface area contributed by atoms with Crippen molar-refractivity contribution in [3.8, 4) is 11.5 Å². The first-order chi connectivity index (χ1) is 12.6. The van der Waals surface area contributed by atoms with Crippen molar-refractivity contribution >= 4 is 5.91 Å². The molecule has 1 fully saturated rings. The summed E-state index contributed by atoms with van der Waals surface area (Å²) in [7, 11) is 0. The predicted octanol–water partition coefficient (Wildman–Crippen LogP) is 2.21. The highest BCUT2D eigenvalue weighted by Gasteiger charge is 2.28. The van der Waals surface area contributed by atoms with Crippen LogP contribution in [0.5, 0.6) is 11.5 Å². The van der Waals surface area contributed by atoms with E-state index in [1.165, 1.54) is 0 Å². The number of nitrogens with zero attached hydrogens (tertiary/aromatic N) is 1. The van der Waals surface area contributed by atoms with Gasteiger partial charge in [-0.15, -0.1) is 0 Å². The van der Waals surface area contributed by atoms with Crippen molar-refractivity contribution in [2.45, 2.75) is 51.7 Å². The average Bonchev–Trinajstić information content (AvgIpc) is 2.66. The zero-order valence-electron chi connectivity index (χ0n) is 15.9. The van der Waals surface area contributed by atoms with Crippen LogP contribution in [-0.2, 0) is 4.79 Å². The van der Waals surface area contributed by atoms with E-state index in [1.54, 1.807) is 0 Å². The van der Waals surface area contributed by atoms with Gasteiger partial charge in [0.05, 0.1) is 25.8 Å². The van der Waals surface area contributed by atoms with Crippen LogP contribution in [0.15, 0.2) is 24.3 Å². The lowest BCUT2D eigenvalue weighted by Gasteiger charge is -2.37. The Balaban J connectivity index is 1.68. The Bertz CT molecular complexity index is 535. The third-order valence-electron chi connectivity index (χ3n) is 4.70. The summed E-state index contributed by atoms with van der Waals surface area (Å²) in [6, 6.07) is 7.55. The van der Waals surface area contributed by atoms with Gasteiger partial charge >= 0.3 is 0 Å². The average molecular weight is 364 g/mol. The number of likely N-dealkylation sites (tertiary alicyclic amines) is 1. The molecular weight excluding hydrogens is 332 g/mol. The van der Waals surface area contributed by atoms with Crippen LogP contribution in [0.3, 0.4) is 0 Å². The number of carbonyl (C=O) groups excluding carboxylic acids is 1. The number of benzene rings is 1. The Labute approximate surface area is 156 Å². The fraction of sp³-hybridized carbons (Fsp3) is 0.650. The van der Waals surface area contributed by atoms with Crippen molar-refractivity contribution in [3.63, 3.8) is 0 Å². The monoisotopic (exact) mass is 364 g/mol. The number of amides is 1. The van der Waals surface area contributed by atoms with Gasteiger partial charge in [0.2, 0.25) is 5.91 Å². The van der Waals surface area contributed by atoms with E-state index in [9.17, 15) is 9.90 Å². The summed E-state index contributed by atoms with van der Waals surface area (Å²) in [6.07, 6.45) is 3.53. The molecule has 1 heterocycles. The maximum Gasteiger partial charge on any atom is 0.234 e. The standard InChI is InChI=1S/C20H32N2O4/c1-3-19(23)18-7-5-6-13-22(18)15-20(24)21-12-14-26-17-10-8-16(9-11-17)25-4-2/h8-11,18-19,23H,3-7,12-15H2,1-2H3,(H,21,24). The number of carbonyl (C=O) groups is 1. The van der Waals surface area contributed by atoms with E-state index >= 15 is 0 Å². The second-order valence-electron chi connectivity index (χ2n) is 6.61. The largest absolute Gasteiger partial charge is 0.494 e. The van der Waals surface area contributed by atoms with Crippen LogP contribution >= 0.6 is 0 Å². The summed E-state index contributed by atoms with van der Waals surface area (Å²) in [6.45, 7) is 6.65. The molecule has 0 aromatic heterocycles. The van der Waals surface area contributed by atoms with Gasteiger partial charge in [-0.2, -0.15) is 0 Å². The van der Waals surface area contributed by atoms with Crippen molar-refractivity contribution in [1.29, 1.82) is 0 Å². The smallest absolute Gasteiger partial charge is 0.234 e. The molecule has 2 unspecified atom stereocenters. The summed E-state index contributed by atoms with van der Waals surface area (Å²) in [5.74, 6) is 1.55. The summed E-state index contributed by atoms with van der Waals surface area (Å²) < 4.78 is 11.0. The predicted molar refractivity (Wildman–Crippen MR) is 102 cm³/mol. The topological polar surface area (TPSA) is 71.0 Å². The van der Waals surface area contributed by atoms with E-state index in [0.29, 0.717) is 26.3 Å². The number of hydrogen-bond acceptors (Lipinski definition) is 5. The summed E-state index contributed by atoms with van der Waals surface area (Å²) in [5.41, 5.74) is 0. The highest BCUT2D eigenvalue weighted by Crippen LogP contribution is 2.21. The van der Waals surface area contributed by atoms with Crippen LogP contribution < -0.4 is 14.8 Å². The molecule has 2 N–H and O–H groups in total. The molecule has 6 heteroatoms. The Morgan fingerprint density at radius 3 is 2.58 bits per heavy atom. The maximum absolute atomic E-state index is 12.2. The van der Waals surface area contributed by atoms with Gasteiger partial charge in [0.15, 0.2) is 0 Å². The van der Waals surface area contributed by atoms with E-state index in [0.717, 1.165) is 43.7 Å².